The van der Waals surface area contributed by atoms with Crippen LogP contribution in [0.4, 0.5) is 5.69 Å². The highest BCUT2D eigenvalue weighted by Crippen LogP contribution is 2.25. The summed E-state index contributed by atoms with van der Waals surface area (Å²) in [5, 5.41) is 2.88. The first-order valence-electron chi connectivity index (χ1n) is 10.1. The van der Waals surface area contributed by atoms with Gasteiger partial charge in [0.25, 0.3) is 10.0 Å². The number of carbonyl (C=O) groups excluding carboxylic acids is 1. The Morgan fingerprint density at radius 3 is 2.10 bits per heavy atom. The van der Waals surface area contributed by atoms with Crippen LogP contribution in [0, 0.1) is 0 Å². The second-order valence-electron chi connectivity index (χ2n) is 6.95. The van der Waals surface area contributed by atoms with Crippen LogP contribution in [0.15, 0.2) is 89.8 Å². The average molecular weight is 439 g/mol. The molecule has 1 amide bonds. The minimum atomic E-state index is -3.96. The van der Waals surface area contributed by atoms with E-state index in [2.05, 4.69) is 5.32 Å². The molecular weight excluding hydrogens is 412 g/mol. The monoisotopic (exact) mass is 438 g/mol. The number of nitrogens with zero attached hydrogens (tertiary/aromatic N) is 1. The van der Waals surface area contributed by atoms with Crippen molar-refractivity contribution < 1.29 is 17.9 Å². The molecule has 3 aromatic rings. The van der Waals surface area contributed by atoms with Gasteiger partial charge in [-0.15, -0.1) is 0 Å². The van der Waals surface area contributed by atoms with E-state index in [9.17, 15) is 13.2 Å². The SMILES string of the molecule is CCOc1ccc(S(=O)(=O)N(CC(=O)NC(C)c2ccccc2)c2ccccc2)cc1. The maximum absolute atomic E-state index is 13.4. The largest absolute Gasteiger partial charge is 0.494 e. The second kappa shape index (κ2) is 10.1. The van der Waals surface area contributed by atoms with Crippen molar-refractivity contribution in [2.45, 2.75) is 24.8 Å². The molecule has 162 valence electrons. The van der Waals surface area contributed by atoms with E-state index in [1.54, 1.807) is 42.5 Å². The molecule has 31 heavy (non-hydrogen) atoms. The minimum absolute atomic E-state index is 0.0868. The summed E-state index contributed by atoms with van der Waals surface area (Å²) in [4.78, 5) is 12.9. The Hall–Kier alpha value is -3.32. The van der Waals surface area contributed by atoms with Gasteiger partial charge in [0.05, 0.1) is 23.2 Å². The quantitative estimate of drug-likeness (QED) is 0.544. The molecule has 0 fully saturated rings. The number of amides is 1. The van der Waals surface area contributed by atoms with Crippen LogP contribution in [-0.4, -0.2) is 27.5 Å². The first-order chi connectivity index (χ1) is 14.9. The van der Waals surface area contributed by atoms with Gasteiger partial charge in [-0.3, -0.25) is 9.10 Å². The Labute approximate surface area is 183 Å². The summed E-state index contributed by atoms with van der Waals surface area (Å²) in [6, 6.07) is 24.1. The second-order valence-corrected chi connectivity index (χ2v) is 8.81. The van der Waals surface area contributed by atoms with E-state index in [4.69, 9.17) is 4.74 Å². The van der Waals surface area contributed by atoms with E-state index >= 15 is 0 Å². The van der Waals surface area contributed by atoms with Crippen molar-refractivity contribution >= 4 is 21.6 Å². The van der Waals surface area contributed by atoms with Gasteiger partial charge in [0, 0.05) is 0 Å². The Bertz CT molecular complexity index is 1090. The fourth-order valence-corrected chi connectivity index (χ4v) is 4.57. The maximum atomic E-state index is 13.4. The van der Waals surface area contributed by atoms with Gasteiger partial charge in [-0.25, -0.2) is 8.42 Å². The summed E-state index contributed by atoms with van der Waals surface area (Å²) in [5.41, 5.74) is 1.36. The van der Waals surface area contributed by atoms with Gasteiger partial charge in [-0.1, -0.05) is 48.5 Å². The molecule has 0 radical (unpaired) electrons. The fourth-order valence-electron chi connectivity index (χ4n) is 3.15. The third-order valence-corrected chi connectivity index (χ3v) is 6.52. The van der Waals surface area contributed by atoms with Crippen molar-refractivity contribution in [2.75, 3.05) is 17.5 Å². The third kappa shape index (κ3) is 5.64. The number of para-hydroxylation sites is 1. The van der Waals surface area contributed by atoms with Crippen LogP contribution in [0.3, 0.4) is 0 Å². The van der Waals surface area contributed by atoms with Crippen molar-refractivity contribution in [2.24, 2.45) is 0 Å². The Balaban J connectivity index is 1.85. The number of carbonyl (C=O) groups is 1. The van der Waals surface area contributed by atoms with Crippen LogP contribution in [0.25, 0.3) is 0 Å². The first kappa shape index (κ1) is 22.4. The molecule has 0 heterocycles. The normalized spacial score (nSPS) is 12.1. The molecule has 3 rings (SSSR count). The zero-order valence-electron chi connectivity index (χ0n) is 17.6. The van der Waals surface area contributed by atoms with E-state index in [1.165, 1.54) is 12.1 Å². The number of anilines is 1. The maximum Gasteiger partial charge on any atom is 0.264 e. The topological polar surface area (TPSA) is 75.7 Å². The summed E-state index contributed by atoms with van der Waals surface area (Å²) < 4.78 is 33.3. The van der Waals surface area contributed by atoms with Crippen LogP contribution in [0.1, 0.15) is 25.5 Å². The molecule has 0 bridgehead atoms. The van der Waals surface area contributed by atoms with Crippen LogP contribution in [-0.2, 0) is 14.8 Å². The van der Waals surface area contributed by atoms with Crippen molar-refractivity contribution in [3.05, 3.63) is 90.5 Å². The number of benzene rings is 3. The van der Waals surface area contributed by atoms with E-state index in [0.29, 0.717) is 18.0 Å². The molecule has 1 unspecified atom stereocenters. The minimum Gasteiger partial charge on any atom is -0.494 e. The number of hydrogen-bond donors (Lipinski definition) is 1. The first-order valence-corrected chi connectivity index (χ1v) is 11.5. The lowest BCUT2D eigenvalue weighted by molar-refractivity contribution is -0.120. The Morgan fingerprint density at radius 2 is 1.52 bits per heavy atom. The lowest BCUT2D eigenvalue weighted by Crippen LogP contribution is -2.41. The van der Waals surface area contributed by atoms with Crippen LogP contribution < -0.4 is 14.4 Å². The van der Waals surface area contributed by atoms with Crippen LogP contribution in [0.2, 0.25) is 0 Å². The highest BCUT2D eigenvalue weighted by atomic mass is 32.2. The zero-order valence-corrected chi connectivity index (χ0v) is 18.4. The molecule has 0 spiro atoms. The average Bonchev–Trinajstić information content (AvgIpc) is 2.79. The Morgan fingerprint density at radius 1 is 0.935 bits per heavy atom. The van der Waals surface area contributed by atoms with Gasteiger partial charge in [0.1, 0.15) is 12.3 Å². The van der Waals surface area contributed by atoms with Gasteiger partial charge in [0.2, 0.25) is 5.91 Å². The summed E-state index contributed by atoms with van der Waals surface area (Å²) >= 11 is 0. The van der Waals surface area contributed by atoms with Crippen molar-refractivity contribution in [3.8, 4) is 5.75 Å². The van der Waals surface area contributed by atoms with Crippen LogP contribution >= 0.6 is 0 Å². The molecule has 0 aliphatic heterocycles. The highest BCUT2D eigenvalue weighted by molar-refractivity contribution is 7.92. The molecule has 0 aliphatic carbocycles. The smallest absolute Gasteiger partial charge is 0.264 e. The molecule has 1 atom stereocenters. The predicted octanol–water partition coefficient (Wildman–Crippen LogP) is 4.16. The Kier molecular flexibility index (Phi) is 7.31. The third-order valence-electron chi connectivity index (χ3n) is 4.73. The number of nitrogens with one attached hydrogen (secondary N) is 1. The highest BCUT2D eigenvalue weighted by Gasteiger charge is 2.27. The standard InChI is InChI=1S/C24H26N2O4S/c1-3-30-22-14-16-23(17-15-22)31(28,29)26(21-12-8-5-9-13-21)18-24(27)25-19(2)20-10-6-4-7-11-20/h4-17,19H,3,18H2,1-2H3,(H,25,27). The van der Waals surface area contributed by atoms with E-state index in [-0.39, 0.29) is 17.5 Å². The van der Waals surface area contributed by atoms with Gasteiger partial charge < -0.3 is 10.1 Å². The van der Waals surface area contributed by atoms with E-state index < -0.39 is 15.9 Å². The van der Waals surface area contributed by atoms with Crippen molar-refractivity contribution in [1.29, 1.82) is 0 Å². The number of ether oxygens (including phenoxy) is 1. The van der Waals surface area contributed by atoms with E-state index in [0.717, 1.165) is 9.87 Å². The molecule has 6 nitrogen and oxygen atoms in total. The number of hydrogen-bond acceptors (Lipinski definition) is 4. The molecule has 1 N–H and O–H groups in total. The summed E-state index contributed by atoms with van der Waals surface area (Å²) in [6.07, 6.45) is 0. The molecular formula is C24H26N2O4S. The van der Waals surface area contributed by atoms with Crippen molar-refractivity contribution in [1.82, 2.24) is 5.32 Å². The van der Waals surface area contributed by atoms with E-state index in [1.807, 2.05) is 44.2 Å². The molecule has 0 saturated carbocycles. The summed E-state index contributed by atoms with van der Waals surface area (Å²) in [5.74, 6) is 0.192. The zero-order chi connectivity index (χ0) is 22.3. The van der Waals surface area contributed by atoms with Gasteiger partial charge >= 0.3 is 0 Å². The molecule has 3 aromatic carbocycles. The number of rotatable bonds is 9. The molecule has 0 aromatic heterocycles. The summed E-state index contributed by atoms with van der Waals surface area (Å²) in [6.45, 7) is 3.87. The van der Waals surface area contributed by atoms with Gasteiger partial charge in [-0.05, 0) is 55.8 Å². The molecule has 0 saturated heterocycles. The van der Waals surface area contributed by atoms with Crippen molar-refractivity contribution in [3.63, 3.8) is 0 Å². The summed E-state index contributed by atoms with van der Waals surface area (Å²) in [7, 11) is -3.96. The predicted molar refractivity (Wildman–Crippen MR) is 122 cm³/mol. The lowest BCUT2D eigenvalue weighted by atomic mass is 10.1. The number of sulfonamides is 1. The fraction of sp³-hybridized carbons (Fsp3) is 0.208. The molecule has 0 aliphatic rings. The van der Waals surface area contributed by atoms with Crippen LogP contribution in [0.5, 0.6) is 5.75 Å². The van der Waals surface area contributed by atoms with Gasteiger partial charge in [0.15, 0.2) is 0 Å². The molecule has 7 heteroatoms. The lowest BCUT2D eigenvalue weighted by Gasteiger charge is -2.25. The van der Waals surface area contributed by atoms with Gasteiger partial charge in [-0.2, -0.15) is 0 Å².